The summed E-state index contributed by atoms with van der Waals surface area (Å²) in [6, 6.07) is 13.0. The average Bonchev–Trinajstić information content (AvgIpc) is 3.10. The van der Waals surface area contributed by atoms with Crippen LogP contribution in [-0.4, -0.2) is 42.3 Å². The summed E-state index contributed by atoms with van der Waals surface area (Å²) in [5.41, 5.74) is 3.86. The van der Waals surface area contributed by atoms with Crippen LogP contribution in [0.3, 0.4) is 0 Å². The number of hydrogen-bond donors (Lipinski definition) is 0. The lowest BCUT2D eigenvalue weighted by Crippen LogP contribution is -2.38. The molecule has 2 atom stereocenters. The molecule has 2 fully saturated rings. The van der Waals surface area contributed by atoms with Crippen molar-refractivity contribution in [1.82, 2.24) is 0 Å². The number of hydrogen-bond acceptors (Lipinski definition) is 4. The number of fused-ring (bicyclic) bond motifs is 1. The highest BCUT2D eigenvalue weighted by atomic mass is 35.5. The lowest BCUT2D eigenvalue weighted by molar-refractivity contribution is -0.117. The number of aryl methyl sites for hydroxylation is 2. The topological polar surface area (TPSA) is 66.8 Å². The Hall–Kier alpha value is -1.83. The van der Waals surface area contributed by atoms with E-state index < -0.39 is 9.84 Å². The van der Waals surface area contributed by atoms with E-state index in [9.17, 15) is 13.2 Å². The summed E-state index contributed by atoms with van der Waals surface area (Å²) in [6.45, 7) is 3.99. The third kappa shape index (κ3) is 4.37. The average molecular weight is 449 g/mol. The summed E-state index contributed by atoms with van der Waals surface area (Å²) in [4.78, 5) is 19.0. The molecular formula is C21H21ClN2O3S2. The Bertz CT molecular complexity index is 1100. The number of anilines is 1. The van der Waals surface area contributed by atoms with E-state index in [-0.39, 0.29) is 35.1 Å². The van der Waals surface area contributed by atoms with E-state index >= 15 is 0 Å². The van der Waals surface area contributed by atoms with Gasteiger partial charge < -0.3 is 4.90 Å². The molecule has 0 saturated carbocycles. The number of amides is 1. The number of amidine groups is 1. The maximum absolute atomic E-state index is 12.7. The quantitative estimate of drug-likeness (QED) is 0.714. The Labute approximate surface area is 180 Å². The summed E-state index contributed by atoms with van der Waals surface area (Å²) in [6.07, 6.45) is 0.176. The standard InChI is InChI=1S/C21H21ClN2O3S2/c1-13-3-4-14(2)17(9-13)24-18-11-29(26,27)12-19(18)28-21(24)23-20(25)10-15-5-7-16(22)8-6-15/h3-9,18-19H,10-12H2,1-2H3/t18-,19-/m0/s1. The van der Waals surface area contributed by atoms with Crippen LogP contribution < -0.4 is 4.90 Å². The Kier molecular flexibility index (Phi) is 5.48. The highest BCUT2D eigenvalue weighted by Crippen LogP contribution is 2.42. The number of rotatable bonds is 3. The van der Waals surface area contributed by atoms with Crippen molar-refractivity contribution in [3.63, 3.8) is 0 Å². The molecule has 0 aliphatic carbocycles. The lowest BCUT2D eigenvalue weighted by atomic mass is 10.1. The van der Waals surface area contributed by atoms with E-state index in [1.165, 1.54) is 11.8 Å². The number of halogens is 1. The maximum Gasteiger partial charge on any atom is 0.252 e. The molecule has 0 bridgehead atoms. The van der Waals surface area contributed by atoms with Gasteiger partial charge in [0.15, 0.2) is 15.0 Å². The van der Waals surface area contributed by atoms with Gasteiger partial charge in [0.1, 0.15) is 0 Å². The van der Waals surface area contributed by atoms with E-state index in [1.807, 2.05) is 49.1 Å². The summed E-state index contributed by atoms with van der Waals surface area (Å²) in [5, 5.41) is 1.10. The van der Waals surface area contributed by atoms with Crippen LogP contribution in [0.5, 0.6) is 0 Å². The zero-order valence-electron chi connectivity index (χ0n) is 16.1. The Morgan fingerprint density at radius 1 is 1.17 bits per heavy atom. The first-order valence-corrected chi connectivity index (χ1v) is 12.4. The minimum Gasteiger partial charge on any atom is -0.315 e. The van der Waals surface area contributed by atoms with Crippen molar-refractivity contribution >= 4 is 50.0 Å². The number of benzene rings is 2. The molecule has 8 heteroatoms. The molecule has 4 rings (SSSR count). The second-order valence-corrected chi connectivity index (χ2v) is 11.3. The summed E-state index contributed by atoms with van der Waals surface area (Å²) < 4.78 is 24.4. The van der Waals surface area contributed by atoms with Crippen LogP contribution in [0.25, 0.3) is 0 Å². The number of sulfone groups is 1. The molecule has 2 aliphatic heterocycles. The predicted molar refractivity (Wildman–Crippen MR) is 120 cm³/mol. The molecule has 0 radical (unpaired) electrons. The lowest BCUT2D eigenvalue weighted by Gasteiger charge is -2.26. The molecule has 5 nitrogen and oxygen atoms in total. The van der Waals surface area contributed by atoms with Gasteiger partial charge in [0.25, 0.3) is 5.91 Å². The summed E-state index contributed by atoms with van der Waals surface area (Å²) in [5.74, 6) is -0.0516. The molecule has 1 amide bonds. The minimum atomic E-state index is -3.09. The Balaban J connectivity index is 1.67. The van der Waals surface area contributed by atoms with Crippen LogP contribution in [0.1, 0.15) is 16.7 Å². The predicted octanol–water partition coefficient (Wildman–Crippen LogP) is 3.80. The Morgan fingerprint density at radius 3 is 2.62 bits per heavy atom. The van der Waals surface area contributed by atoms with Crippen LogP contribution in [0.4, 0.5) is 5.69 Å². The first kappa shape index (κ1) is 20.4. The number of thioether (sulfide) groups is 1. The van der Waals surface area contributed by atoms with Crippen molar-refractivity contribution in [2.75, 3.05) is 16.4 Å². The molecule has 29 heavy (non-hydrogen) atoms. The van der Waals surface area contributed by atoms with Crippen molar-refractivity contribution in [1.29, 1.82) is 0 Å². The SMILES string of the molecule is Cc1ccc(C)c(N2C(=NC(=O)Cc3ccc(Cl)cc3)S[C@H]3CS(=O)(=O)C[C@@H]32)c1. The van der Waals surface area contributed by atoms with E-state index in [4.69, 9.17) is 11.6 Å². The fourth-order valence-electron chi connectivity index (χ4n) is 3.75. The highest BCUT2D eigenvalue weighted by molar-refractivity contribution is 8.16. The maximum atomic E-state index is 12.7. The molecular weight excluding hydrogens is 428 g/mol. The van der Waals surface area contributed by atoms with E-state index in [1.54, 1.807) is 12.1 Å². The monoisotopic (exact) mass is 448 g/mol. The van der Waals surface area contributed by atoms with Crippen LogP contribution in [0, 0.1) is 13.8 Å². The fraction of sp³-hybridized carbons (Fsp3) is 0.333. The van der Waals surface area contributed by atoms with Gasteiger partial charge >= 0.3 is 0 Å². The molecule has 2 heterocycles. The van der Waals surface area contributed by atoms with Crippen LogP contribution in [-0.2, 0) is 21.1 Å². The van der Waals surface area contributed by atoms with Gasteiger partial charge in [0.05, 0.1) is 24.0 Å². The number of nitrogens with zero attached hydrogens (tertiary/aromatic N) is 2. The Morgan fingerprint density at radius 2 is 1.90 bits per heavy atom. The van der Waals surface area contributed by atoms with Gasteiger partial charge in [-0.3, -0.25) is 4.79 Å². The molecule has 2 aromatic rings. The van der Waals surface area contributed by atoms with Gasteiger partial charge in [-0.25, -0.2) is 8.42 Å². The van der Waals surface area contributed by atoms with E-state index in [0.29, 0.717) is 10.2 Å². The number of aliphatic imine (C=N–C) groups is 1. The molecule has 0 N–H and O–H groups in total. The first-order valence-electron chi connectivity index (χ1n) is 9.31. The molecule has 2 aliphatic rings. The van der Waals surface area contributed by atoms with Crippen LogP contribution >= 0.6 is 23.4 Å². The van der Waals surface area contributed by atoms with Gasteiger partial charge in [0, 0.05) is 16.0 Å². The number of carbonyl (C=O) groups excluding carboxylic acids is 1. The van der Waals surface area contributed by atoms with E-state index in [0.717, 1.165) is 22.4 Å². The zero-order chi connectivity index (χ0) is 20.8. The van der Waals surface area contributed by atoms with Crippen LogP contribution in [0.2, 0.25) is 5.02 Å². The third-order valence-electron chi connectivity index (χ3n) is 5.18. The van der Waals surface area contributed by atoms with Gasteiger partial charge in [-0.05, 0) is 48.7 Å². The molecule has 0 spiro atoms. The minimum absolute atomic E-state index is 0.0858. The highest BCUT2D eigenvalue weighted by Gasteiger charge is 2.49. The van der Waals surface area contributed by atoms with Gasteiger partial charge in [-0.15, -0.1) is 0 Å². The third-order valence-corrected chi connectivity index (χ3v) is 8.64. The fourth-order valence-corrected chi connectivity index (χ4v) is 7.80. The molecule has 2 saturated heterocycles. The molecule has 2 aromatic carbocycles. The van der Waals surface area contributed by atoms with Crippen molar-refractivity contribution in [3.05, 3.63) is 64.2 Å². The van der Waals surface area contributed by atoms with Crippen molar-refractivity contribution in [3.8, 4) is 0 Å². The van der Waals surface area contributed by atoms with Gasteiger partial charge in [-0.2, -0.15) is 4.99 Å². The summed E-state index contributed by atoms with van der Waals surface area (Å²) >= 11 is 7.30. The van der Waals surface area contributed by atoms with Crippen molar-refractivity contribution in [2.45, 2.75) is 31.6 Å². The van der Waals surface area contributed by atoms with Crippen molar-refractivity contribution < 1.29 is 13.2 Å². The van der Waals surface area contributed by atoms with Crippen LogP contribution in [0.15, 0.2) is 47.5 Å². The summed E-state index contributed by atoms with van der Waals surface area (Å²) in [7, 11) is -3.09. The van der Waals surface area contributed by atoms with Gasteiger partial charge in [-0.1, -0.05) is 47.6 Å². The molecule has 152 valence electrons. The second-order valence-electron chi connectivity index (χ2n) is 7.55. The smallest absolute Gasteiger partial charge is 0.252 e. The van der Waals surface area contributed by atoms with Gasteiger partial charge in [0.2, 0.25) is 0 Å². The normalized spacial score (nSPS) is 24.1. The molecule has 0 unspecified atom stereocenters. The largest absolute Gasteiger partial charge is 0.315 e. The van der Waals surface area contributed by atoms with E-state index in [2.05, 4.69) is 4.99 Å². The zero-order valence-corrected chi connectivity index (χ0v) is 18.5. The molecule has 0 aromatic heterocycles. The second kappa shape index (κ2) is 7.78. The first-order chi connectivity index (χ1) is 13.7. The number of carbonyl (C=O) groups is 1. The van der Waals surface area contributed by atoms with Crippen molar-refractivity contribution in [2.24, 2.45) is 4.99 Å².